The molecule has 0 amide bonds. The summed E-state index contributed by atoms with van der Waals surface area (Å²) in [6.45, 7) is 6.72. The summed E-state index contributed by atoms with van der Waals surface area (Å²) in [4.78, 5) is 0. The lowest BCUT2D eigenvalue weighted by Crippen LogP contribution is -2.15. The van der Waals surface area contributed by atoms with Crippen LogP contribution in [0.4, 0.5) is 0 Å². The smallest absolute Gasteiger partial charge is 0.124 e. The van der Waals surface area contributed by atoms with Gasteiger partial charge in [-0.25, -0.2) is 0 Å². The Kier molecular flexibility index (Phi) is 7.44. The third-order valence-electron chi connectivity index (χ3n) is 3.94. The molecular weight excluding hydrogens is 306 g/mol. The van der Waals surface area contributed by atoms with Gasteiger partial charge in [0, 0.05) is 17.1 Å². The lowest BCUT2D eigenvalue weighted by atomic mass is 10.1. The molecule has 124 valence electrons. The fourth-order valence-electron chi connectivity index (χ4n) is 2.48. The van der Waals surface area contributed by atoms with Crippen molar-refractivity contribution in [3.05, 3.63) is 64.2 Å². The Morgan fingerprint density at radius 3 is 2.65 bits per heavy atom. The lowest BCUT2D eigenvalue weighted by molar-refractivity contribution is 0.301. The monoisotopic (exact) mass is 331 g/mol. The fraction of sp³-hybridized carbons (Fsp3) is 0.400. The van der Waals surface area contributed by atoms with Gasteiger partial charge in [-0.1, -0.05) is 55.6 Å². The summed E-state index contributed by atoms with van der Waals surface area (Å²) in [5, 5.41) is 4.22. The SMILES string of the molecule is CCCCCNCc1cc(Cl)ccc1OCc1ccccc1C. The number of halogens is 1. The number of hydrogen-bond donors (Lipinski definition) is 1. The van der Waals surface area contributed by atoms with Crippen LogP contribution in [0.2, 0.25) is 5.02 Å². The molecule has 0 heterocycles. The Morgan fingerprint density at radius 1 is 1.04 bits per heavy atom. The number of hydrogen-bond acceptors (Lipinski definition) is 2. The minimum Gasteiger partial charge on any atom is -0.489 e. The van der Waals surface area contributed by atoms with Crippen molar-refractivity contribution in [3.8, 4) is 5.75 Å². The van der Waals surface area contributed by atoms with Crippen molar-refractivity contribution in [2.45, 2.75) is 46.3 Å². The Labute approximate surface area is 144 Å². The van der Waals surface area contributed by atoms with Gasteiger partial charge < -0.3 is 10.1 Å². The fourth-order valence-corrected chi connectivity index (χ4v) is 2.67. The van der Waals surface area contributed by atoms with Gasteiger partial charge >= 0.3 is 0 Å². The lowest BCUT2D eigenvalue weighted by Gasteiger charge is -2.14. The zero-order valence-electron chi connectivity index (χ0n) is 14.1. The first-order chi connectivity index (χ1) is 11.2. The van der Waals surface area contributed by atoms with Crippen LogP contribution in [0.5, 0.6) is 5.75 Å². The van der Waals surface area contributed by atoms with Crippen LogP contribution < -0.4 is 10.1 Å². The van der Waals surface area contributed by atoms with Crippen molar-refractivity contribution in [3.63, 3.8) is 0 Å². The molecule has 2 aromatic rings. The van der Waals surface area contributed by atoms with Crippen molar-refractivity contribution in [1.82, 2.24) is 5.32 Å². The summed E-state index contributed by atoms with van der Waals surface area (Å²) in [5.74, 6) is 0.903. The van der Waals surface area contributed by atoms with E-state index in [4.69, 9.17) is 16.3 Å². The van der Waals surface area contributed by atoms with Crippen molar-refractivity contribution < 1.29 is 4.74 Å². The maximum absolute atomic E-state index is 6.14. The molecule has 0 aromatic heterocycles. The quantitative estimate of drug-likeness (QED) is 0.612. The predicted molar refractivity (Wildman–Crippen MR) is 98.2 cm³/mol. The average molecular weight is 332 g/mol. The molecule has 0 saturated heterocycles. The standard InChI is InChI=1S/C20H26ClNO/c1-3-4-7-12-22-14-18-13-19(21)10-11-20(18)23-15-17-9-6-5-8-16(17)2/h5-6,8-11,13,22H,3-4,7,12,14-15H2,1-2H3. The Hall–Kier alpha value is -1.51. The highest BCUT2D eigenvalue weighted by Crippen LogP contribution is 2.24. The third-order valence-corrected chi connectivity index (χ3v) is 4.17. The molecular formula is C20H26ClNO. The number of aryl methyl sites for hydroxylation is 1. The van der Waals surface area contributed by atoms with Crippen LogP contribution >= 0.6 is 11.6 Å². The molecule has 0 aliphatic rings. The largest absolute Gasteiger partial charge is 0.489 e. The van der Waals surface area contributed by atoms with E-state index in [0.717, 1.165) is 29.4 Å². The summed E-state index contributed by atoms with van der Waals surface area (Å²) >= 11 is 6.14. The van der Waals surface area contributed by atoms with Crippen molar-refractivity contribution in [1.29, 1.82) is 0 Å². The second kappa shape index (κ2) is 9.59. The second-order valence-electron chi connectivity index (χ2n) is 5.85. The zero-order valence-corrected chi connectivity index (χ0v) is 14.8. The summed E-state index contributed by atoms with van der Waals surface area (Å²) in [6.07, 6.45) is 3.71. The topological polar surface area (TPSA) is 21.3 Å². The molecule has 0 atom stereocenters. The molecule has 2 rings (SSSR count). The maximum Gasteiger partial charge on any atom is 0.124 e. The first-order valence-corrected chi connectivity index (χ1v) is 8.75. The number of benzene rings is 2. The molecule has 0 radical (unpaired) electrons. The van der Waals surface area contributed by atoms with E-state index >= 15 is 0 Å². The van der Waals surface area contributed by atoms with Crippen LogP contribution in [-0.4, -0.2) is 6.54 Å². The maximum atomic E-state index is 6.14. The van der Waals surface area contributed by atoms with Gasteiger partial charge in [-0.3, -0.25) is 0 Å². The van der Waals surface area contributed by atoms with Crippen molar-refractivity contribution >= 4 is 11.6 Å². The molecule has 2 nitrogen and oxygen atoms in total. The van der Waals surface area contributed by atoms with Gasteiger partial charge in [-0.05, 0) is 49.2 Å². The Balaban J connectivity index is 1.96. The van der Waals surface area contributed by atoms with Gasteiger partial charge in [0.25, 0.3) is 0 Å². The van der Waals surface area contributed by atoms with E-state index in [1.165, 1.54) is 30.4 Å². The summed E-state index contributed by atoms with van der Waals surface area (Å²) in [7, 11) is 0. The molecule has 2 aromatic carbocycles. The van der Waals surface area contributed by atoms with Gasteiger partial charge in [-0.2, -0.15) is 0 Å². The molecule has 3 heteroatoms. The van der Waals surface area contributed by atoms with Gasteiger partial charge in [0.1, 0.15) is 12.4 Å². The molecule has 0 saturated carbocycles. The molecule has 0 aliphatic carbocycles. The van der Waals surface area contributed by atoms with Crippen LogP contribution in [-0.2, 0) is 13.2 Å². The molecule has 0 unspecified atom stereocenters. The van der Waals surface area contributed by atoms with Gasteiger partial charge in [0.05, 0.1) is 0 Å². The van der Waals surface area contributed by atoms with Crippen molar-refractivity contribution in [2.75, 3.05) is 6.54 Å². The van der Waals surface area contributed by atoms with Gasteiger partial charge in [-0.15, -0.1) is 0 Å². The predicted octanol–water partition coefficient (Wildman–Crippen LogP) is 5.51. The first kappa shape index (κ1) is 17.8. The van der Waals surface area contributed by atoms with Crippen LogP contribution in [0.3, 0.4) is 0 Å². The van der Waals surface area contributed by atoms with Crippen LogP contribution in [0.15, 0.2) is 42.5 Å². The number of unbranched alkanes of at least 4 members (excludes halogenated alkanes) is 2. The van der Waals surface area contributed by atoms with Gasteiger partial charge in [0.15, 0.2) is 0 Å². The van der Waals surface area contributed by atoms with Crippen molar-refractivity contribution in [2.24, 2.45) is 0 Å². The number of rotatable bonds is 9. The summed E-state index contributed by atoms with van der Waals surface area (Å²) in [6, 6.07) is 14.1. The van der Waals surface area contributed by atoms with E-state index in [1.807, 2.05) is 30.3 Å². The number of ether oxygens (including phenoxy) is 1. The van der Waals surface area contributed by atoms with E-state index in [0.29, 0.717) is 6.61 Å². The molecule has 0 aliphatic heterocycles. The number of nitrogens with one attached hydrogen (secondary N) is 1. The van der Waals surface area contributed by atoms with E-state index in [-0.39, 0.29) is 0 Å². The van der Waals surface area contributed by atoms with E-state index < -0.39 is 0 Å². The zero-order chi connectivity index (χ0) is 16.5. The highest BCUT2D eigenvalue weighted by atomic mass is 35.5. The Bertz CT molecular complexity index is 612. The van der Waals surface area contributed by atoms with Crippen LogP contribution in [0.1, 0.15) is 42.9 Å². The highest BCUT2D eigenvalue weighted by Gasteiger charge is 2.06. The Morgan fingerprint density at radius 2 is 1.87 bits per heavy atom. The second-order valence-corrected chi connectivity index (χ2v) is 6.29. The minimum absolute atomic E-state index is 0.580. The highest BCUT2D eigenvalue weighted by molar-refractivity contribution is 6.30. The molecule has 0 bridgehead atoms. The minimum atomic E-state index is 0.580. The molecule has 0 spiro atoms. The summed E-state index contributed by atoms with van der Waals surface area (Å²) in [5.41, 5.74) is 3.58. The van der Waals surface area contributed by atoms with E-state index in [9.17, 15) is 0 Å². The molecule has 0 fully saturated rings. The average Bonchev–Trinajstić information content (AvgIpc) is 2.55. The molecule has 1 N–H and O–H groups in total. The van der Waals surface area contributed by atoms with Crippen LogP contribution in [0.25, 0.3) is 0 Å². The summed E-state index contributed by atoms with van der Waals surface area (Å²) < 4.78 is 6.04. The van der Waals surface area contributed by atoms with Crippen LogP contribution in [0, 0.1) is 6.92 Å². The first-order valence-electron chi connectivity index (χ1n) is 8.37. The van der Waals surface area contributed by atoms with Gasteiger partial charge in [0.2, 0.25) is 0 Å². The third kappa shape index (κ3) is 5.89. The normalized spacial score (nSPS) is 10.7. The van der Waals surface area contributed by atoms with E-state index in [1.54, 1.807) is 0 Å². The van der Waals surface area contributed by atoms with E-state index in [2.05, 4.69) is 31.3 Å². The molecule has 23 heavy (non-hydrogen) atoms.